The molecule has 2 unspecified atom stereocenters. The number of benzene rings is 1. The van der Waals surface area contributed by atoms with Gasteiger partial charge in [-0.1, -0.05) is 0 Å². The smallest absolute Gasteiger partial charge is 0.272 e. The molecule has 2 saturated heterocycles. The normalized spacial score (nSPS) is 26.9. The van der Waals surface area contributed by atoms with Crippen LogP contribution in [0.25, 0.3) is 10.9 Å². The number of nitrogens with one attached hydrogen (secondary N) is 1. The van der Waals surface area contributed by atoms with Gasteiger partial charge >= 0.3 is 0 Å². The lowest BCUT2D eigenvalue weighted by Crippen LogP contribution is -2.46. The van der Waals surface area contributed by atoms with Crippen molar-refractivity contribution in [2.45, 2.75) is 63.1 Å². The lowest BCUT2D eigenvalue weighted by atomic mass is 9.85. The summed E-state index contributed by atoms with van der Waals surface area (Å²) in [6, 6.07) is 3.53. The van der Waals surface area contributed by atoms with Crippen molar-refractivity contribution in [3.8, 4) is 0 Å². The van der Waals surface area contributed by atoms with Crippen molar-refractivity contribution >= 4 is 22.5 Å². The van der Waals surface area contributed by atoms with Gasteiger partial charge in [0, 0.05) is 18.0 Å². The molecule has 35 heavy (non-hydrogen) atoms. The van der Waals surface area contributed by atoms with Crippen LogP contribution >= 0.6 is 0 Å². The molecule has 0 bridgehead atoms. The van der Waals surface area contributed by atoms with Crippen molar-refractivity contribution in [3.63, 3.8) is 0 Å². The number of piperidine rings is 1. The van der Waals surface area contributed by atoms with Gasteiger partial charge in [-0.05, 0) is 69.0 Å². The maximum atomic E-state index is 13.5. The Morgan fingerprint density at radius 3 is 2.60 bits per heavy atom. The van der Waals surface area contributed by atoms with Gasteiger partial charge in [0.05, 0.1) is 48.5 Å². The monoisotopic (exact) mass is 484 g/mol. The molecule has 0 radical (unpaired) electrons. The van der Waals surface area contributed by atoms with E-state index in [1.54, 1.807) is 19.3 Å². The van der Waals surface area contributed by atoms with Gasteiger partial charge in [-0.3, -0.25) is 9.58 Å². The molecule has 10 heteroatoms. The third kappa shape index (κ3) is 4.17. The Morgan fingerprint density at radius 2 is 1.91 bits per heavy atom. The molecule has 0 amide bonds. The Bertz CT molecular complexity index is 1260. The number of aromatic nitrogens is 4. The minimum absolute atomic E-state index is 0.106. The predicted octanol–water partition coefficient (Wildman–Crippen LogP) is 3.71. The molecule has 0 spiro atoms. The van der Waals surface area contributed by atoms with E-state index in [4.69, 9.17) is 9.72 Å². The van der Waals surface area contributed by atoms with Crippen LogP contribution in [-0.2, 0) is 4.74 Å². The molecule has 8 nitrogen and oxygen atoms in total. The number of rotatable bonds is 5. The van der Waals surface area contributed by atoms with E-state index in [2.05, 4.69) is 39.4 Å². The molecule has 1 saturated carbocycles. The van der Waals surface area contributed by atoms with Gasteiger partial charge in [-0.2, -0.15) is 5.10 Å². The van der Waals surface area contributed by atoms with Crippen LogP contribution < -0.4 is 5.32 Å². The number of aliphatic hydroxyl groups excluding tert-OH is 1. The fourth-order valence-corrected chi connectivity index (χ4v) is 5.58. The van der Waals surface area contributed by atoms with Crippen LogP contribution in [0.1, 0.15) is 48.0 Å². The van der Waals surface area contributed by atoms with Crippen LogP contribution in [0.4, 0.5) is 20.4 Å². The van der Waals surface area contributed by atoms with Gasteiger partial charge in [-0.15, -0.1) is 0 Å². The third-order valence-corrected chi connectivity index (χ3v) is 7.81. The maximum absolute atomic E-state index is 13.5. The molecular formula is C25H30F2N6O2. The highest BCUT2D eigenvalue weighted by Crippen LogP contribution is 2.53. The van der Waals surface area contributed by atoms with Crippen molar-refractivity contribution < 1.29 is 18.6 Å². The van der Waals surface area contributed by atoms with Crippen LogP contribution in [-0.4, -0.2) is 74.1 Å². The predicted molar refractivity (Wildman–Crippen MR) is 127 cm³/mol. The second-order valence-corrected chi connectivity index (χ2v) is 10.1. The Morgan fingerprint density at radius 1 is 1.14 bits per heavy atom. The molecule has 1 aliphatic carbocycles. The first kappa shape index (κ1) is 22.8. The van der Waals surface area contributed by atoms with Crippen LogP contribution in [0, 0.1) is 13.8 Å². The van der Waals surface area contributed by atoms with Gasteiger partial charge in [0.15, 0.2) is 0 Å². The number of fused-ring (bicyclic) bond motifs is 1. The number of ether oxygens (including phenoxy) is 1. The van der Waals surface area contributed by atoms with Crippen molar-refractivity contribution in [2.75, 3.05) is 31.6 Å². The van der Waals surface area contributed by atoms with Crippen LogP contribution in [0.2, 0.25) is 0 Å². The summed E-state index contributed by atoms with van der Waals surface area (Å²) in [7, 11) is 0. The van der Waals surface area contributed by atoms with Crippen LogP contribution in [0.15, 0.2) is 24.5 Å². The Balaban J connectivity index is 1.19. The lowest BCUT2D eigenvalue weighted by Gasteiger charge is -2.37. The quantitative estimate of drug-likeness (QED) is 0.571. The van der Waals surface area contributed by atoms with Crippen LogP contribution in [0.5, 0.6) is 0 Å². The van der Waals surface area contributed by atoms with E-state index in [0.29, 0.717) is 36.5 Å². The van der Waals surface area contributed by atoms with E-state index in [1.807, 2.05) is 0 Å². The van der Waals surface area contributed by atoms with Crippen LogP contribution in [0.3, 0.4) is 0 Å². The number of hydrogen-bond acceptors (Lipinski definition) is 7. The van der Waals surface area contributed by atoms with E-state index < -0.39 is 18.1 Å². The number of aryl methyl sites for hydroxylation is 1. The molecule has 2 aromatic heterocycles. The second kappa shape index (κ2) is 8.46. The Kier molecular flexibility index (Phi) is 5.50. The third-order valence-electron chi connectivity index (χ3n) is 7.81. The SMILES string of the molecule is Cc1cc2cnc(Nc3cnn(C4CC4(F)F)c3C)nc2cc1C1CCN(C2COC[C@H]2O)CC1. The average molecular weight is 485 g/mol. The van der Waals surface area contributed by atoms with Crippen molar-refractivity contribution in [1.82, 2.24) is 24.6 Å². The van der Waals surface area contributed by atoms with E-state index in [-0.39, 0.29) is 12.5 Å². The van der Waals surface area contributed by atoms with E-state index in [9.17, 15) is 13.9 Å². The highest BCUT2D eigenvalue weighted by Gasteiger charge is 2.59. The van der Waals surface area contributed by atoms with Gasteiger partial charge in [0.2, 0.25) is 5.95 Å². The summed E-state index contributed by atoms with van der Waals surface area (Å²) in [6.07, 6.45) is 4.83. The molecule has 3 fully saturated rings. The zero-order chi connectivity index (χ0) is 24.3. The zero-order valence-electron chi connectivity index (χ0n) is 19.9. The van der Waals surface area contributed by atoms with Gasteiger partial charge in [0.25, 0.3) is 5.92 Å². The summed E-state index contributed by atoms with van der Waals surface area (Å²) in [5.74, 6) is -1.83. The molecule has 1 aromatic carbocycles. The van der Waals surface area contributed by atoms with E-state index >= 15 is 0 Å². The molecule has 4 heterocycles. The molecular weight excluding hydrogens is 454 g/mol. The Hall–Kier alpha value is -2.69. The molecule has 2 N–H and O–H groups in total. The second-order valence-electron chi connectivity index (χ2n) is 10.1. The summed E-state index contributed by atoms with van der Waals surface area (Å²) < 4.78 is 33.8. The maximum Gasteiger partial charge on any atom is 0.272 e. The molecule has 6 rings (SSSR count). The molecule has 2 aliphatic heterocycles. The minimum Gasteiger partial charge on any atom is -0.389 e. The summed E-state index contributed by atoms with van der Waals surface area (Å²) in [5.41, 5.74) is 4.65. The van der Waals surface area contributed by atoms with Gasteiger partial charge in [0.1, 0.15) is 6.04 Å². The van der Waals surface area contributed by atoms with Crippen molar-refractivity contribution in [1.29, 1.82) is 0 Å². The Labute approximate surface area is 202 Å². The topological polar surface area (TPSA) is 88.3 Å². The number of hydrogen-bond donors (Lipinski definition) is 2. The highest BCUT2D eigenvalue weighted by molar-refractivity contribution is 5.81. The first-order valence-electron chi connectivity index (χ1n) is 12.3. The van der Waals surface area contributed by atoms with Crippen molar-refractivity contribution in [2.24, 2.45) is 0 Å². The largest absolute Gasteiger partial charge is 0.389 e. The standard InChI is InChI=1S/C25H30F2N6O2/c1-14-7-17-10-28-24(31-20-11-29-33(15(20)2)23-9-25(23,26)27)30-19(17)8-18(14)16-3-5-32(6-4-16)21-12-35-13-22(21)34/h7-8,10-11,16,21-23,34H,3-6,9,12-13H2,1-2H3,(H,28,30,31)/t21?,22-,23?/m1/s1. The number of aliphatic hydroxyl groups is 1. The number of anilines is 2. The first-order valence-corrected chi connectivity index (χ1v) is 12.3. The van der Waals surface area contributed by atoms with Gasteiger partial charge in [-0.25, -0.2) is 18.7 Å². The van der Waals surface area contributed by atoms with Gasteiger partial charge < -0.3 is 15.2 Å². The lowest BCUT2D eigenvalue weighted by molar-refractivity contribution is 0.0663. The fourth-order valence-electron chi connectivity index (χ4n) is 5.58. The number of halogens is 2. The first-order chi connectivity index (χ1) is 16.8. The number of nitrogens with zero attached hydrogens (tertiary/aromatic N) is 5. The molecule has 3 atom stereocenters. The number of alkyl halides is 2. The van der Waals surface area contributed by atoms with E-state index in [0.717, 1.165) is 36.8 Å². The minimum atomic E-state index is -2.68. The molecule has 3 aliphatic rings. The number of likely N-dealkylation sites (tertiary alicyclic amines) is 1. The highest BCUT2D eigenvalue weighted by atomic mass is 19.3. The fraction of sp³-hybridized carbons (Fsp3) is 0.560. The zero-order valence-corrected chi connectivity index (χ0v) is 19.9. The summed E-state index contributed by atoms with van der Waals surface area (Å²) in [6.45, 7) is 6.82. The molecule has 3 aromatic rings. The summed E-state index contributed by atoms with van der Waals surface area (Å²) in [5, 5.41) is 18.4. The summed E-state index contributed by atoms with van der Waals surface area (Å²) >= 11 is 0. The molecule has 186 valence electrons. The van der Waals surface area contributed by atoms with Crippen molar-refractivity contribution in [3.05, 3.63) is 41.3 Å². The van der Waals surface area contributed by atoms with E-state index in [1.165, 1.54) is 15.8 Å². The summed E-state index contributed by atoms with van der Waals surface area (Å²) in [4.78, 5) is 11.5. The average Bonchev–Trinajstić information content (AvgIpc) is 3.11.